The van der Waals surface area contributed by atoms with Crippen LogP contribution in [0.4, 0.5) is 0 Å². The predicted octanol–water partition coefficient (Wildman–Crippen LogP) is 4.94. The van der Waals surface area contributed by atoms with Crippen LogP contribution in [0.3, 0.4) is 0 Å². The third-order valence-electron chi connectivity index (χ3n) is 5.46. The Bertz CT molecular complexity index is 585. The summed E-state index contributed by atoms with van der Waals surface area (Å²) in [6.07, 6.45) is 4.08. The second-order valence-electron chi connectivity index (χ2n) is 6.53. The average molecular weight is 357 g/mol. The van der Waals surface area contributed by atoms with Gasteiger partial charge in [0, 0.05) is 16.2 Å². The summed E-state index contributed by atoms with van der Waals surface area (Å²) in [7, 11) is 0. The zero-order chi connectivity index (χ0) is 15.0. The van der Waals surface area contributed by atoms with Crippen LogP contribution in [0, 0.1) is 5.92 Å². The molecule has 2 aliphatic rings. The van der Waals surface area contributed by atoms with Gasteiger partial charge in [0.15, 0.2) is 0 Å². The molecule has 2 aromatic rings. The third kappa shape index (κ3) is 2.16. The molecule has 0 aromatic heterocycles. The third-order valence-corrected chi connectivity index (χ3v) is 6.44. The fourth-order valence-electron chi connectivity index (χ4n) is 4.43. The largest absolute Gasteiger partial charge is 0.375 e. The number of alkyl halides is 1. The first-order valence-electron chi connectivity index (χ1n) is 8.19. The first-order chi connectivity index (χ1) is 10.8. The van der Waals surface area contributed by atoms with Gasteiger partial charge in [0.05, 0.1) is 12.7 Å². The fraction of sp³-hybridized carbons (Fsp3) is 0.400. The maximum atomic E-state index is 6.35. The van der Waals surface area contributed by atoms with Crippen LogP contribution >= 0.6 is 15.9 Å². The Morgan fingerprint density at radius 2 is 1.45 bits per heavy atom. The Balaban J connectivity index is 1.87. The molecule has 0 radical (unpaired) electrons. The minimum absolute atomic E-state index is 0.000370. The van der Waals surface area contributed by atoms with E-state index in [0.717, 1.165) is 6.61 Å². The number of rotatable bonds is 2. The molecule has 0 unspecified atom stereocenters. The topological polar surface area (TPSA) is 9.23 Å². The molecule has 0 bridgehead atoms. The second kappa shape index (κ2) is 5.82. The van der Waals surface area contributed by atoms with E-state index in [1.54, 1.807) is 0 Å². The first kappa shape index (κ1) is 14.5. The summed E-state index contributed by atoms with van der Waals surface area (Å²) in [6.45, 7) is 0.790. The zero-order valence-corrected chi connectivity index (χ0v) is 14.2. The van der Waals surface area contributed by atoms with Gasteiger partial charge in [0.25, 0.3) is 0 Å². The predicted molar refractivity (Wildman–Crippen MR) is 93.5 cm³/mol. The van der Waals surface area contributed by atoms with E-state index in [0.29, 0.717) is 16.8 Å². The van der Waals surface area contributed by atoms with E-state index in [2.05, 4.69) is 76.6 Å². The quantitative estimate of drug-likeness (QED) is 0.692. The molecular formula is C20H21BrO. The first-order valence-corrected chi connectivity index (χ1v) is 9.11. The van der Waals surface area contributed by atoms with E-state index in [9.17, 15) is 0 Å². The van der Waals surface area contributed by atoms with Gasteiger partial charge in [-0.15, -0.1) is 0 Å². The van der Waals surface area contributed by atoms with Gasteiger partial charge in [-0.2, -0.15) is 0 Å². The van der Waals surface area contributed by atoms with Crippen LogP contribution < -0.4 is 0 Å². The highest BCUT2D eigenvalue weighted by Crippen LogP contribution is 2.52. The van der Waals surface area contributed by atoms with Gasteiger partial charge in [-0.1, -0.05) is 83.0 Å². The maximum Gasteiger partial charge on any atom is 0.0741 e. The van der Waals surface area contributed by atoms with Gasteiger partial charge >= 0.3 is 0 Å². The summed E-state index contributed by atoms with van der Waals surface area (Å²) in [6, 6.07) is 21.9. The van der Waals surface area contributed by atoms with E-state index in [1.165, 1.54) is 30.4 Å². The lowest BCUT2D eigenvalue weighted by Gasteiger charge is -2.40. The van der Waals surface area contributed by atoms with Gasteiger partial charge in [0.2, 0.25) is 0 Å². The molecule has 22 heavy (non-hydrogen) atoms. The zero-order valence-electron chi connectivity index (χ0n) is 12.6. The number of halogens is 1. The van der Waals surface area contributed by atoms with Crippen molar-refractivity contribution in [3.05, 3.63) is 71.8 Å². The molecular weight excluding hydrogens is 336 g/mol. The number of hydrogen-bond donors (Lipinski definition) is 0. The SMILES string of the molecule is Br[C@H]1CCC[C@H]2[C@@H]1OCC2(c1ccccc1)c1ccccc1. The van der Waals surface area contributed by atoms with Crippen molar-refractivity contribution in [2.45, 2.75) is 35.6 Å². The molecule has 1 saturated carbocycles. The van der Waals surface area contributed by atoms with Crippen LogP contribution in [-0.2, 0) is 10.2 Å². The van der Waals surface area contributed by atoms with Crippen LogP contribution in [0.15, 0.2) is 60.7 Å². The molecule has 0 amide bonds. The monoisotopic (exact) mass is 356 g/mol. The van der Waals surface area contributed by atoms with Crippen molar-refractivity contribution in [3.63, 3.8) is 0 Å². The summed E-state index contributed by atoms with van der Waals surface area (Å²) in [4.78, 5) is 0.487. The molecule has 114 valence electrons. The minimum atomic E-state index is -0.000370. The van der Waals surface area contributed by atoms with Gasteiger partial charge in [0.1, 0.15) is 0 Å². The van der Waals surface area contributed by atoms with Crippen molar-refractivity contribution in [2.24, 2.45) is 5.92 Å². The van der Waals surface area contributed by atoms with E-state index >= 15 is 0 Å². The smallest absolute Gasteiger partial charge is 0.0741 e. The highest BCUT2D eigenvalue weighted by Gasteiger charge is 2.54. The number of ether oxygens (including phenoxy) is 1. The maximum absolute atomic E-state index is 6.35. The van der Waals surface area contributed by atoms with Crippen LogP contribution in [0.2, 0.25) is 0 Å². The lowest BCUT2D eigenvalue weighted by Crippen LogP contribution is -2.42. The van der Waals surface area contributed by atoms with Crippen molar-refractivity contribution in [3.8, 4) is 0 Å². The molecule has 0 N–H and O–H groups in total. The Kier molecular flexibility index (Phi) is 3.83. The molecule has 2 heteroatoms. The van der Waals surface area contributed by atoms with Crippen LogP contribution in [0.5, 0.6) is 0 Å². The summed E-state index contributed by atoms with van der Waals surface area (Å²) < 4.78 is 6.35. The molecule has 1 aliphatic carbocycles. The Morgan fingerprint density at radius 3 is 2.05 bits per heavy atom. The van der Waals surface area contributed by atoms with Gasteiger partial charge in [-0.3, -0.25) is 0 Å². The Morgan fingerprint density at radius 1 is 0.864 bits per heavy atom. The summed E-state index contributed by atoms with van der Waals surface area (Å²) in [5, 5.41) is 0. The van der Waals surface area contributed by atoms with Gasteiger partial charge < -0.3 is 4.74 Å². The Hall–Kier alpha value is -1.12. The van der Waals surface area contributed by atoms with Crippen LogP contribution in [0.25, 0.3) is 0 Å². The van der Waals surface area contributed by atoms with Crippen molar-refractivity contribution in [2.75, 3.05) is 6.61 Å². The summed E-state index contributed by atoms with van der Waals surface area (Å²) in [5.74, 6) is 0.551. The second-order valence-corrected chi connectivity index (χ2v) is 7.71. The fourth-order valence-corrected chi connectivity index (χ4v) is 5.27. The normalized spacial score (nSPS) is 30.0. The molecule has 0 spiro atoms. The van der Waals surface area contributed by atoms with Crippen molar-refractivity contribution >= 4 is 15.9 Å². The molecule has 2 aromatic carbocycles. The molecule has 4 rings (SSSR count). The summed E-state index contributed by atoms with van der Waals surface area (Å²) in [5.41, 5.74) is 2.80. The van der Waals surface area contributed by atoms with Crippen molar-refractivity contribution < 1.29 is 4.74 Å². The summed E-state index contributed by atoms with van der Waals surface area (Å²) >= 11 is 3.87. The van der Waals surface area contributed by atoms with Gasteiger partial charge in [-0.25, -0.2) is 0 Å². The highest BCUT2D eigenvalue weighted by atomic mass is 79.9. The van der Waals surface area contributed by atoms with Crippen molar-refractivity contribution in [1.82, 2.24) is 0 Å². The number of hydrogen-bond acceptors (Lipinski definition) is 1. The lowest BCUT2D eigenvalue weighted by molar-refractivity contribution is 0.0733. The number of benzene rings is 2. The molecule has 1 nitrogen and oxygen atoms in total. The van der Waals surface area contributed by atoms with E-state index < -0.39 is 0 Å². The van der Waals surface area contributed by atoms with Gasteiger partial charge in [-0.05, 0) is 24.0 Å². The average Bonchev–Trinajstić information content (AvgIpc) is 2.98. The lowest BCUT2D eigenvalue weighted by atomic mass is 9.63. The molecule has 2 fully saturated rings. The molecule has 1 aliphatic heterocycles. The van der Waals surface area contributed by atoms with E-state index in [-0.39, 0.29) is 5.41 Å². The Labute approximate surface area is 140 Å². The highest BCUT2D eigenvalue weighted by molar-refractivity contribution is 9.09. The van der Waals surface area contributed by atoms with Crippen molar-refractivity contribution in [1.29, 1.82) is 0 Å². The van der Waals surface area contributed by atoms with Crippen LogP contribution in [-0.4, -0.2) is 17.5 Å². The molecule has 1 saturated heterocycles. The number of fused-ring (bicyclic) bond motifs is 1. The van der Waals surface area contributed by atoms with Crippen LogP contribution in [0.1, 0.15) is 30.4 Å². The molecule has 3 atom stereocenters. The van der Waals surface area contributed by atoms with E-state index in [4.69, 9.17) is 4.74 Å². The minimum Gasteiger partial charge on any atom is -0.375 e. The molecule has 1 heterocycles. The van der Waals surface area contributed by atoms with E-state index in [1.807, 2.05) is 0 Å². The standard InChI is InChI=1S/C20H21BrO/c21-18-13-7-12-17-19(18)22-14-20(17,15-8-3-1-4-9-15)16-10-5-2-6-11-16/h1-6,8-11,17-19H,7,12-14H2/t17-,18-,19-/m0/s1.